The largest absolute Gasteiger partial charge is 0.416 e. The fourth-order valence-electron chi connectivity index (χ4n) is 3.74. The molecule has 4 rings (SSSR count). The minimum Gasteiger partial charge on any atom is -0.392 e. The molecule has 1 aromatic heterocycles. The number of likely N-dealkylation sites (tertiary alicyclic amines) is 1. The molecule has 0 spiro atoms. The second-order valence-electron chi connectivity index (χ2n) is 7.74. The van der Waals surface area contributed by atoms with Crippen LogP contribution >= 0.6 is 0 Å². The van der Waals surface area contributed by atoms with Gasteiger partial charge in [0.15, 0.2) is 0 Å². The van der Waals surface area contributed by atoms with Gasteiger partial charge >= 0.3 is 6.18 Å². The van der Waals surface area contributed by atoms with Gasteiger partial charge in [0.1, 0.15) is 0 Å². The third kappa shape index (κ3) is 4.97. The Morgan fingerprint density at radius 2 is 1.88 bits per heavy atom. The third-order valence-electron chi connectivity index (χ3n) is 5.24. The molecule has 10 heteroatoms. The smallest absolute Gasteiger partial charge is 0.392 e. The highest BCUT2D eigenvalue weighted by Gasteiger charge is 2.36. The number of amides is 1. The van der Waals surface area contributed by atoms with E-state index in [-0.39, 0.29) is 17.8 Å². The van der Waals surface area contributed by atoms with Crippen molar-refractivity contribution in [2.45, 2.75) is 38.2 Å². The van der Waals surface area contributed by atoms with Crippen LogP contribution in [0.15, 0.2) is 53.1 Å². The molecular weight excluding hydrogens is 425 g/mol. The molecule has 2 N–H and O–H groups in total. The fraction of sp³-hybridized carbons (Fsp3) is 0.318. The summed E-state index contributed by atoms with van der Waals surface area (Å²) in [5.74, 6) is 0.335. The van der Waals surface area contributed by atoms with Gasteiger partial charge in [-0.25, -0.2) is 0 Å². The molecule has 2 atom stereocenters. The highest BCUT2D eigenvalue weighted by atomic mass is 19.4. The Hall–Kier alpha value is -3.24. The van der Waals surface area contributed by atoms with Gasteiger partial charge < -0.3 is 14.9 Å². The van der Waals surface area contributed by atoms with E-state index in [0.717, 1.165) is 17.7 Å². The number of aliphatic hydroxyl groups is 1. The number of benzene rings is 2. The maximum absolute atomic E-state index is 12.8. The molecule has 1 aliphatic rings. The second-order valence-corrected chi connectivity index (χ2v) is 7.74. The average Bonchev–Trinajstić information content (AvgIpc) is 3.35. The molecule has 0 bridgehead atoms. The topological polar surface area (TPSA) is 91.5 Å². The number of aliphatic hydroxyl groups excluding tert-OH is 1. The zero-order chi connectivity index (χ0) is 22.9. The number of halogens is 3. The van der Waals surface area contributed by atoms with E-state index in [2.05, 4.69) is 15.5 Å². The van der Waals surface area contributed by atoms with Crippen LogP contribution in [0, 0.1) is 0 Å². The van der Waals surface area contributed by atoms with Crippen molar-refractivity contribution in [3.8, 4) is 11.4 Å². The van der Waals surface area contributed by atoms with E-state index in [9.17, 15) is 23.1 Å². The normalized spacial score (nSPS) is 19.3. The van der Waals surface area contributed by atoms with Crippen molar-refractivity contribution in [2.75, 3.05) is 11.9 Å². The minimum atomic E-state index is -4.41. The number of aromatic nitrogens is 2. The molecule has 2 heterocycles. The maximum Gasteiger partial charge on any atom is 0.416 e. The Balaban J connectivity index is 1.49. The molecule has 0 radical (unpaired) electrons. The zero-order valence-electron chi connectivity index (χ0n) is 17.1. The minimum absolute atomic E-state index is 0.152. The molecule has 1 amide bonds. The maximum atomic E-state index is 12.8. The molecule has 1 fully saturated rings. The number of hydrogen-bond acceptors (Lipinski definition) is 6. The van der Waals surface area contributed by atoms with E-state index < -0.39 is 17.8 Å². The molecule has 0 unspecified atom stereocenters. The van der Waals surface area contributed by atoms with Gasteiger partial charge in [-0.2, -0.15) is 18.2 Å². The monoisotopic (exact) mass is 446 g/mol. The van der Waals surface area contributed by atoms with E-state index in [1.807, 2.05) is 17.0 Å². The van der Waals surface area contributed by atoms with Crippen LogP contribution in [0.25, 0.3) is 11.4 Å². The first-order valence-corrected chi connectivity index (χ1v) is 9.99. The summed E-state index contributed by atoms with van der Waals surface area (Å²) in [6.07, 6.45) is -4.58. The van der Waals surface area contributed by atoms with Gasteiger partial charge in [-0.15, -0.1) is 0 Å². The molecule has 3 aromatic rings. The van der Waals surface area contributed by atoms with E-state index >= 15 is 0 Å². The summed E-state index contributed by atoms with van der Waals surface area (Å²) in [5, 5.41) is 16.8. The Labute approximate surface area is 181 Å². The van der Waals surface area contributed by atoms with Crippen molar-refractivity contribution >= 4 is 11.6 Å². The Morgan fingerprint density at radius 1 is 1.19 bits per heavy atom. The summed E-state index contributed by atoms with van der Waals surface area (Å²) < 4.78 is 43.7. The molecule has 0 aliphatic carbocycles. The number of carbonyl (C=O) groups excluding carboxylic acids is 1. The lowest BCUT2D eigenvalue weighted by Gasteiger charge is -2.21. The third-order valence-corrected chi connectivity index (χ3v) is 5.24. The summed E-state index contributed by atoms with van der Waals surface area (Å²) in [7, 11) is 0. The number of nitrogens with one attached hydrogen (secondary N) is 1. The Morgan fingerprint density at radius 3 is 2.50 bits per heavy atom. The molecule has 1 saturated heterocycles. The van der Waals surface area contributed by atoms with Crippen molar-refractivity contribution in [1.82, 2.24) is 15.0 Å². The van der Waals surface area contributed by atoms with Crippen molar-refractivity contribution in [2.24, 2.45) is 0 Å². The van der Waals surface area contributed by atoms with Gasteiger partial charge in [0.05, 0.1) is 17.7 Å². The van der Waals surface area contributed by atoms with Crippen LogP contribution in [-0.4, -0.2) is 38.7 Å². The lowest BCUT2D eigenvalue weighted by Crippen LogP contribution is -2.24. The van der Waals surface area contributed by atoms with Gasteiger partial charge in [-0.1, -0.05) is 29.4 Å². The van der Waals surface area contributed by atoms with Gasteiger partial charge in [-0.05, 0) is 36.2 Å². The van der Waals surface area contributed by atoms with E-state index in [1.54, 1.807) is 12.1 Å². The second kappa shape index (κ2) is 8.71. The Bertz CT molecular complexity index is 1080. The van der Waals surface area contributed by atoms with Crippen LogP contribution in [0.4, 0.5) is 18.9 Å². The molecular formula is C22H21F3N4O3. The quantitative estimate of drug-likeness (QED) is 0.615. The number of β-amino-alcohol motifs (C(OH)–C–C–N with tert-alkyl or cyclic N) is 1. The predicted molar refractivity (Wildman–Crippen MR) is 109 cm³/mol. The number of hydrogen-bond donors (Lipinski definition) is 2. The van der Waals surface area contributed by atoms with Crippen LogP contribution in [0.3, 0.4) is 0 Å². The molecule has 1 aliphatic heterocycles. The zero-order valence-corrected chi connectivity index (χ0v) is 17.1. The van der Waals surface area contributed by atoms with Gasteiger partial charge in [0, 0.05) is 31.3 Å². The highest BCUT2D eigenvalue weighted by Crippen LogP contribution is 2.34. The van der Waals surface area contributed by atoms with E-state index in [4.69, 9.17) is 4.52 Å². The summed E-state index contributed by atoms with van der Waals surface area (Å²) >= 11 is 0. The first-order valence-electron chi connectivity index (χ1n) is 9.99. The van der Waals surface area contributed by atoms with E-state index in [1.165, 1.54) is 19.1 Å². The van der Waals surface area contributed by atoms with Crippen LogP contribution < -0.4 is 5.32 Å². The van der Waals surface area contributed by atoms with Gasteiger partial charge in [0.25, 0.3) is 0 Å². The number of alkyl halides is 3. The fourth-order valence-corrected chi connectivity index (χ4v) is 3.74. The summed E-state index contributed by atoms with van der Waals surface area (Å²) in [5.41, 5.74) is 1.32. The number of rotatable bonds is 5. The van der Waals surface area contributed by atoms with Crippen LogP contribution in [0.5, 0.6) is 0 Å². The number of carbonyl (C=O) groups is 1. The van der Waals surface area contributed by atoms with Crippen molar-refractivity contribution < 1.29 is 27.6 Å². The standard InChI is InChI=1S/C22H21F3N4O3/c1-13(30)26-17-8-2-14(3-9-17)11-29-12-18(31)10-19(29)21-27-20(28-32-21)15-4-6-16(7-5-15)22(23,24)25/h2-9,18-19,31H,10-12H2,1H3,(H,26,30)/t18-,19+/m1/s1. The number of nitrogens with zero attached hydrogens (tertiary/aromatic N) is 3. The van der Waals surface area contributed by atoms with Crippen LogP contribution in [-0.2, 0) is 17.5 Å². The predicted octanol–water partition coefficient (Wildman–Crippen LogP) is 4.02. The van der Waals surface area contributed by atoms with Gasteiger partial charge in [-0.3, -0.25) is 9.69 Å². The molecule has 2 aromatic carbocycles. The first kappa shape index (κ1) is 22.0. The van der Waals surface area contributed by atoms with Gasteiger partial charge in [0.2, 0.25) is 17.6 Å². The number of anilines is 1. The molecule has 168 valence electrons. The van der Waals surface area contributed by atoms with Crippen molar-refractivity contribution in [3.05, 3.63) is 65.5 Å². The van der Waals surface area contributed by atoms with E-state index in [0.29, 0.717) is 36.7 Å². The lowest BCUT2D eigenvalue weighted by atomic mass is 10.1. The summed E-state index contributed by atoms with van der Waals surface area (Å²) in [6.45, 7) is 2.36. The molecule has 7 nitrogen and oxygen atoms in total. The lowest BCUT2D eigenvalue weighted by molar-refractivity contribution is -0.137. The average molecular weight is 446 g/mol. The Kier molecular flexibility index (Phi) is 5.98. The van der Waals surface area contributed by atoms with Crippen molar-refractivity contribution in [3.63, 3.8) is 0 Å². The summed E-state index contributed by atoms with van der Waals surface area (Å²) in [4.78, 5) is 17.5. The van der Waals surface area contributed by atoms with Crippen LogP contribution in [0.2, 0.25) is 0 Å². The van der Waals surface area contributed by atoms with Crippen LogP contribution in [0.1, 0.15) is 36.4 Å². The first-order chi connectivity index (χ1) is 15.2. The highest BCUT2D eigenvalue weighted by molar-refractivity contribution is 5.88. The molecule has 32 heavy (non-hydrogen) atoms. The SMILES string of the molecule is CC(=O)Nc1ccc(CN2C[C@H](O)C[C@H]2c2nc(-c3ccc(C(F)(F)F)cc3)no2)cc1. The van der Waals surface area contributed by atoms with Crippen molar-refractivity contribution in [1.29, 1.82) is 0 Å². The molecule has 0 saturated carbocycles. The summed E-state index contributed by atoms with van der Waals surface area (Å²) in [6, 6.07) is 11.6.